The number of hydrogen-bond acceptors (Lipinski definition) is 6. The maximum Gasteiger partial charge on any atom is 0.325 e. The number of benzene rings is 1. The van der Waals surface area contributed by atoms with Gasteiger partial charge in [-0.25, -0.2) is 0 Å². The lowest BCUT2D eigenvalue weighted by Gasteiger charge is -2.26. The van der Waals surface area contributed by atoms with Gasteiger partial charge in [-0.3, -0.25) is 14.4 Å². The number of methoxy groups -OCH3 is 2. The Labute approximate surface area is 165 Å². The average Bonchev–Trinajstić information content (AvgIpc) is 2.69. The second-order valence-electron chi connectivity index (χ2n) is 7.15. The predicted octanol–water partition coefficient (Wildman–Crippen LogP) is 1.02. The number of esters is 1. The first kappa shape index (κ1) is 21.5. The molecule has 0 bridgehead atoms. The van der Waals surface area contributed by atoms with Crippen LogP contribution in [0, 0.1) is 11.8 Å². The van der Waals surface area contributed by atoms with Crippen LogP contribution in [0.2, 0.25) is 0 Å². The number of nitrogens with zero attached hydrogens (tertiary/aromatic N) is 1. The lowest BCUT2D eigenvalue weighted by atomic mass is 9.96. The van der Waals surface area contributed by atoms with Crippen LogP contribution in [0.4, 0.5) is 0 Å². The van der Waals surface area contributed by atoms with Gasteiger partial charge in [0.15, 0.2) is 0 Å². The Bertz CT molecular complexity index is 719. The first-order valence-corrected chi connectivity index (χ1v) is 9.26. The summed E-state index contributed by atoms with van der Waals surface area (Å²) in [6, 6.07) is 5.48. The quantitative estimate of drug-likeness (QED) is 0.664. The van der Waals surface area contributed by atoms with E-state index < -0.39 is 11.9 Å². The van der Waals surface area contributed by atoms with Gasteiger partial charge in [-0.05, 0) is 36.1 Å². The number of rotatable bonds is 8. The first-order chi connectivity index (χ1) is 13.3. The molecule has 8 nitrogen and oxygen atoms in total. The molecule has 1 heterocycles. The molecule has 0 saturated carbocycles. The number of carbonyl (C=O) groups is 3. The van der Waals surface area contributed by atoms with Crippen LogP contribution in [0.15, 0.2) is 18.2 Å². The minimum Gasteiger partial charge on any atom is -0.497 e. The van der Waals surface area contributed by atoms with Gasteiger partial charge in [0.05, 0.1) is 26.7 Å². The number of fused-ring (bicyclic) bond motifs is 1. The molecule has 1 aliphatic rings. The minimum absolute atomic E-state index is 0.136. The van der Waals surface area contributed by atoms with Crippen LogP contribution in [0.25, 0.3) is 0 Å². The van der Waals surface area contributed by atoms with E-state index in [9.17, 15) is 14.4 Å². The molecule has 1 aromatic rings. The third kappa shape index (κ3) is 5.87. The summed E-state index contributed by atoms with van der Waals surface area (Å²) in [5, 5.41) is 2.66. The molecule has 1 atom stereocenters. The van der Waals surface area contributed by atoms with Gasteiger partial charge in [-0.1, -0.05) is 13.8 Å². The summed E-state index contributed by atoms with van der Waals surface area (Å²) in [5.74, 6) is 0.143. The summed E-state index contributed by atoms with van der Waals surface area (Å²) < 4.78 is 15.5. The van der Waals surface area contributed by atoms with Gasteiger partial charge in [0.1, 0.15) is 24.7 Å². The van der Waals surface area contributed by atoms with Crippen LogP contribution in [0.5, 0.6) is 11.5 Å². The third-order valence-corrected chi connectivity index (χ3v) is 4.44. The fourth-order valence-corrected chi connectivity index (χ4v) is 3.00. The fourth-order valence-electron chi connectivity index (χ4n) is 3.00. The normalized spacial score (nSPS) is 15.2. The highest BCUT2D eigenvalue weighted by Gasteiger charge is 2.27. The van der Waals surface area contributed by atoms with Crippen LogP contribution in [-0.2, 0) is 25.5 Å². The summed E-state index contributed by atoms with van der Waals surface area (Å²) in [6.45, 7) is 4.23. The molecule has 0 unspecified atom stereocenters. The van der Waals surface area contributed by atoms with Crippen molar-refractivity contribution in [1.82, 2.24) is 10.2 Å². The zero-order valence-corrected chi connectivity index (χ0v) is 16.8. The molecule has 2 amide bonds. The summed E-state index contributed by atoms with van der Waals surface area (Å²) in [7, 11) is 2.86. The van der Waals surface area contributed by atoms with E-state index in [0.29, 0.717) is 18.7 Å². The molecule has 154 valence electrons. The second-order valence-corrected chi connectivity index (χ2v) is 7.15. The number of hydrogen-bond donors (Lipinski definition) is 1. The van der Waals surface area contributed by atoms with Crippen LogP contribution >= 0.6 is 0 Å². The number of amides is 2. The number of carbonyl (C=O) groups excluding carboxylic acids is 3. The summed E-state index contributed by atoms with van der Waals surface area (Å²) in [6.07, 6.45) is 0.504. The van der Waals surface area contributed by atoms with Crippen LogP contribution in [0.3, 0.4) is 0 Å². The average molecular weight is 392 g/mol. The molecule has 0 spiro atoms. The van der Waals surface area contributed by atoms with Crippen LogP contribution in [-0.4, -0.2) is 63.1 Å². The highest BCUT2D eigenvalue weighted by Crippen LogP contribution is 2.30. The molecule has 1 aliphatic heterocycles. The zero-order valence-electron chi connectivity index (χ0n) is 16.8. The van der Waals surface area contributed by atoms with Crippen molar-refractivity contribution in [3.63, 3.8) is 0 Å². The van der Waals surface area contributed by atoms with Crippen molar-refractivity contribution in [3.8, 4) is 11.5 Å². The van der Waals surface area contributed by atoms with Gasteiger partial charge in [-0.15, -0.1) is 0 Å². The third-order valence-electron chi connectivity index (χ3n) is 4.44. The fraction of sp³-hybridized carbons (Fsp3) is 0.550. The minimum atomic E-state index is -0.494. The van der Waals surface area contributed by atoms with Gasteiger partial charge in [0.25, 0.3) is 0 Å². The summed E-state index contributed by atoms with van der Waals surface area (Å²) in [4.78, 5) is 37.9. The van der Waals surface area contributed by atoms with Crippen molar-refractivity contribution < 1.29 is 28.6 Å². The molecule has 2 rings (SSSR count). The number of ether oxygens (including phenoxy) is 3. The monoisotopic (exact) mass is 392 g/mol. The Morgan fingerprint density at radius 1 is 1.29 bits per heavy atom. The molecule has 0 aromatic heterocycles. The highest BCUT2D eigenvalue weighted by atomic mass is 16.5. The highest BCUT2D eigenvalue weighted by molar-refractivity contribution is 5.88. The predicted molar refractivity (Wildman–Crippen MR) is 102 cm³/mol. The van der Waals surface area contributed by atoms with Crippen molar-refractivity contribution in [2.75, 3.05) is 40.5 Å². The van der Waals surface area contributed by atoms with Crippen molar-refractivity contribution >= 4 is 17.8 Å². The standard InChI is InChI=1S/C20H28N2O6/c1-13(2)10-22(11-19(24)27-4)18(23)9-21-20(25)15-7-14-8-16(26-3)5-6-17(14)28-12-15/h5-6,8,13,15H,7,9-12H2,1-4H3,(H,21,25)/t15-/m1/s1. The van der Waals surface area contributed by atoms with E-state index in [2.05, 4.69) is 10.1 Å². The lowest BCUT2D eigenvalue weighted by molar-refractivity contribution is -0.147. The van der Waals surface area contributed by atoms with E-state index in [4.69, 9.17) is 9.47 Å². The van der Waals surface area contributed by atoms with E-state index in [-0.39, 0.29) is 37.4 Å². The first-order valence-electron chi connectivity index (χ1n) is 9.26. The van der Waals surface area contributed by atoms with Gasteiger partial charge in [0, 0.05) is 6.54 Å². The molecule has 0 radical (unpaired) electrons. The number of nitrogens with one attached hydrogen (secondary N) is 1. The van der Waals surface area contributed by atoms with Crippen molar-refractivity contribution in [2.24, 2.45) is 11.8 Å². The van der Waals surface area contributed by atoms with Gasteiger partial charge in [0.2, 0.25) is 11.8 Å². The Morgan fingerprint density at radius 2 is 2.04 bits per heavy atom. The van der Waals surface area contributed by atoms with E-state index in [1.807, 2.05) is 32.0 Å². The Balaban J connectivity index is 1.92. The molecule has 0 saturated heterocycles. The van der Waals surface area contributed by atoms with Crippen molar-refractivity contribution in [1.29, 1.82) is 0 Å². The molecule has 0 aliphatic carbocycles. The molecule has 0 fully saturated rings. The van der Waals surface area contributed by atoms with Crippen LogP contribution < -0.4 is 14.8 Å². The second kappa shape index (κ2) is 9.96. The molecular formula is C20H28N2O6. The van der Waals surface area contributed by atoms with Gasteiger partial charge < -0.3 is 24.4 Å². The van der Waals surface area contributed by atoms with E-state index >= 15 is 0 Å². The zero-order chi connectivity index (χ0) is 20.7. The topological polar surface area (TPSA) is 94.2 Å². The molecule has 1 N–H and O–H groups in total. The van der Waals surface area contributed by atoms with E-state index in [0.717, 1.165) is 11.3 Å². The molecular weight excluding hydrogens is 364 g/mol. The maximum atomic E-state index is 12.5. The van der Waals surface area contributed by atoms with Gasteiger partial charge in [-0.2, -0.15) is 0 Å². The SMILES string of the molecule is COC(=O)CN(CC(C)C)C(=O)CNC(=O)[C@H]1COc2ccc(OC)cc2C1. The van der Waals surface area contributed by atoms with E-state index in [1.165, 1.54) is 12.0 Å². The Morgan fingerprint density at radius 3 is 2.68 bits per heavy atom. The largest absolute Gasteiger partial charge is 0.497 e. The van der Waals surface area contributed by atoms with Crippen molar-refractivity contribution in [2.45, 2.75) is 20.3 Å². The lowest BCUT2D eigenvalue weighted by Crippen LogP contribution is -2.46. The summed E-state index contributed by atoms with van der Waals surface area (Å²) >= 11 is 0. The Kier molecular flexibility index (Phi) is 7.66. The summed E-state index contributed by atoms with van der Waals surface area (Å²) in [5.41, 5.74) is 0.893. The Hall–Kier alpha value is -2.77. The molecule has 28 heavy (non-hydrogen) atoms. The van der Waals surface area contributed by atoms with E-state index in [1.54, 1.807) is 7.11 Å². The molecule has 8 heteroatoms. The maximum absolute atomic E-state index is 12.5. The smallest absolute Gasteiger partial charge is 0.325 e. The van der Waals surface area contributed by atoms with Crippen LogP contribution in [0.1, 0.15) is 19.4 Å². The van der Waals surface area contributed by atoms with Crippen molar-refractivity contribution in [3.05, 3.63) is 23.8 Å². The molecule has 1 aromatic carbocycles. The van der Waals surface area contributed by atoms with Gasteiger partial charge >= 0.3 is 5.97 Å².